The van der Waals surface area contributed by atoms with Gasteiger partial charge in [-0.25, -0.2) is 9.78 Å². The van der Waals surface area contributed by atoms with Crippen molar-refractivity contribution in [3.8, 4) is 11.8 Å². The van der Waals surface area contributed by atoms with Crippen molar-refractivity contribution < 1.29 is 28.8 Å². The zero-order valence-corrected chi connectivity index (χ0v) is 36.6. The van der Waals surface area contributed by atoms with Gasteiger partial charge in [0.15, 0.2) is 29.1 Å². The summed E-state index contributed by atoms with van der Waals surface area (Å²) in [5.74, 6) is 2.96. The van der Waals surface area contributed by atoms with E-state index in [0.717, 1.165) is 27.8 Å². The number of β-lactam (4-membered cyclic amide) rings is 1. The van der Waals surface area contributed by atoms with E-state index in [9.17, 15) is 19.2 Å². The normalized spacial score (nSPS) is 16.9. The molecule has 3 heterocycles. The summed E-state index contributed by atoms with van der Waals surface area (Å²) in [6, 6.07) is 48.5. The van der Waals surface area contributed by atoms with E-state index >= 15 is 0 Å². The highest BCUT2D eigenvalue weighted by molar-refractivity contribution is 8.00. The number of nitrogens with one attached hydrogen (secondary N) is 2. The number of amides is 3. The Bertz CT molecular complexity index is 2690. The molecule has 1 saturated heterocycles. The molecule has 2 aliphatic heterocycles. The molecule has 0 saturated carbocycles. The van der Waals surface area contributed by atoms with Crippen LogP contribution in [0.25, 0.3) is 0 Å². The van der Waals surface area contributed by atoms with Crippen molar-refractivity contribution in [3.63, 3.8) is 0 Å². The van der Waals surface area contributed by atoms with Gasteiger partial charge in [0.25, 0.3) is 17.7 Å². The van der Waals surface area contributed by atoms with Crippen LogP contribution in [0.5, 0.6) is 0 Å². The number of aromatic nitrogens is 1. The molecule has 5 aromatic carbocycles. The Morgan fingerprint density at radius 1 is 0.877 bits per heavy atom. The summed E-state index contributed by atoms with van der Waals surface area (Å²) in [5.41, 5.74) is 6.85. The van der Waals surface area contributed by atoms with Gasteiger partial charge in [0, 0.05) is 11.1 Å². The number of ether oxygens (including phenoxy) is 1. The number of nitrogens with zero attached hydrogens (tertiary/aromatic N) is 3. The fourth-order valence-electron chi connectivity index (χ4n) is 7.80. The molecule has 65 heavy (non-hydrogen) atoms. The third-order valence-corrected chi connectivity index (χ3v) is 12.8. The molecule has 1 fully saturated rings. The molecule has 0 radical (unpaired) electrons. The van der Waals surface area contributed by atoms with Crippen LogP contribution in [0.15, 0.2) is 186 Å². The highest BCUT2D eigenvalue weighted by Crippen LogP contribution is 2.46. The van der Waals surface area contributed by atoms with E-state index in [1.807, 2.05) is 152 Å². The summed E-state index contributed by atoms with van der Waals surface area (Å²) in [5, 5.41) is 11.9. The monoisotopic (exact) mass is 898 g/mol. The Balaban J connectivity index is 1.11. The number of hydrogen-bond acceptors (Lipinski definition) is 11. The number of thiazole rings is 1. The molecular formula is C51H42N6O6S2. The average molecular weight is 899 g/mol. The fraction of sp³-hybridized carbons (Fsp3) is 0.137. The maximum absolute atomic E-state index is 14.7. The van der Waals surface area contributed by atoms with Crippen LogP contribution in [-0.2, 0) is 34.3 Å². The number of primary amides is 1. The molecule has 0 spiro atoms. The standard InChI is InChI=1S/C51H42N6O6S2/c1-2-3-19-31-50(47(61)57-41(30-32-64-48(50)57)46(60)63-44(35-20-9-4-10-21-35)36-22-11-5-12-23-36)54-45(59)43(56-62-33-42(52)58)40-34-65-49(53-40)55-51(37-24-13-6-14-25-37,38-26-15-7-16-27-38)39-28-17-8-18-29-39/h4-31,34,44,48H,32-33H2,1H3,(H2,52,58)(H,53,55)(H,54,59)/t48-,50-/m1/s1. The zero-order valence-electron chi connectivity index (χ0n) is 35.0. The smallest absolute Gasteiger partial charge is 0.355 e. The number of fused-ring (bicyclic) bond motifs is 1. The van der Waals surface area contributed by atoms with E-state index in [-0.39, 0.29) is 17.1 Å². The third kappa shape index (κ3) is 9.06. The predicted octanol–water partition coefficient (Wildman–Crippen LogP) is 7.32. The Kier molecular flexibility index (Phi) is 13.3. The van der Waals surface area contributed by atoms with Gasteiger partial charge in [-0.15, -0.1) is 29.0 Å². The van der Waals surface area contributed by atoms with Crippen molar-refractivity contribution in [2.45, 2.75) is 29.5 Å². The molecule has 2 atom stereocenters. The fourth-order valence-corrected chi connectivity index (χ4v) is 9.85. The Labute approximate surface area is 384 Å². The van der Waals surface area contributed by atoms with Gasteiger partial charge in [-0.1, -0.05) is 163 Å². The molecule has 14 heteroatoms. The molecule has 2 aliphatic rings. The van der Waals surface area contributed by atoms with E-state index in [1.54, 1.807) is 18.4 Å². The average Bonchev–Trinajstić information content (AvgIpc) is 3.82. The number of allylic oxidation sites excluding steroid dienone is 1. The van der Waals surface area contributed by atoms with Crippen LogP contribution in [0.1, 0.15) is 46.5 Å². The van der Waals surface area contributed by atoms with Gasteiger partial charge in [-0.05, 0) is 53.0 Å². The SMILES string of the molecule is CC#CC=C[C@@]1(NC(=O)C(=NOCC(N)=O)c2csc(NC(c3ccccc3)(c3ccccc3)c3ccccc3)n2)C(=O)N2C(C(=O)OC(c3ccccc3)c3ccccc3)=CCS[C@@H]21. The topological polar surface area (TPSA) is 165 Å². The number of oxime groups is 1. The van der Waals surface area contributed by atoms with Gasteiger partial charge in [-0.3, -0.25) is 19.3 Å². The lowest BCUT2D eigenvalue weighted by Crippen LogP contribution is -2.79. The van der Waals surface area contributed by atoms with Gasteiger partial charge in [0.1, 0.15) is 22.3 Å². The summed E-state index contributed by atoms with van der Waals surface area (Å²) in [7, 11) is 0. The van der Waals surface area contributed by atoms with E-state index in [0.29, 0.717) is 10.9 Å². The zero-order chi connectivity index (χ0) is 45.2. The van der Waals surface area contributed by atoms with Crippen molar-refractivity contribution in [3.05, 3.63) is 214 Å². The summed E-state index contributed by atoms with van der Waals surface area (Å²) in [6.45, 7) is 1.01. The highest BCUT2D eigenvalue weighted by Gasteiger charge is 2.64. The van der Waals surface area contributed by atoms with Crippen molar-refractivity contribution in [1.82, 2.24) is 15.2 Å². The molecule has 3 amide bonds. The van der Waals surface area contributed by atoms with Gasteiger partial charge in [-0.2, -0.15) is 0 Å². The van der Waals surface area contributed by atoms with Gasteiger partial charge < -0.3 is 25.9 Å². The second-order valence-electron chi connectivity index (χ2n) is 14.8. The van der Waals surface area contributed by atoms with Crippen molar-refractivity contribution in [2.24, 2.45) is 10.9 Å². The maximum Gasteiger partial charge on any atom is 0.355 e. The Morgan fingerprint density at radius 2 is 1.42 bits per heavy atom. The van der Waals surface area contributed by atoms with Crippen LogP contribution in [0.4, 0.5) is 5.13 Å². The Hall–Kier alpha value is -7.73. The van der Waals surface area contributed by atoms with E-state index in [4.69, 9.17) is 20.3 Å². The lowest BCUT2D eigenvalue weighted by Gasteiger charge is -2.55. The highest BCUT2D eigenvalue weighted by atomic mass is 32.2. The number of esters is 1. The molecule has 8 rings (SSSR count). The first-order chi connectivity index (χ1) is 31.7. The molecule has 6 aromatic rings. The first kappa shape index (κ1) is 43.9. The number of hydrogen-bond donors (Lipinski definition) is 3. The number of thioether (sulfide) groups is 1. The van der Waals surface area contributed by atoms with Gasteiger partial charge in [0.05, 0.1) is 0 Å². The largest absolute Gasteiger partial charge is 0.448 e. The number of carbonyl (C=O) groups is 4. The Morgan fingerprint density at radius 3 is 1.94 bits per heavy atom. The van der Waals surface area contributed by atoms with E-state index < -0.39 is 52.9 Å². The number of rotatable bonds is 16. The molecule has 0 bridgehead atoms. The van der Waals surface area contributed by atoms with Crippen LogP contribution in [0, 0.1) is 11.8 Å². The number of carbonyl (C=O) groups excluding carboxylic acids is 4. The lowest BCUT2D eigenvalue weighted by atomic mass is 9.77. The number of anilines is 1. The van der Waals surface area contributed by atoms with Gasteiger partial charge in [0.2, 0.25) is 0 Å². The minimum atomic E-state index is -1.70. The maximum atomic E-state index is 14.7. The van der Waals surface area contributed by atoms with Gasteiger partial charge >= 0.3 is 5.97 Å². The molecular weight excluding hydrogens is 857 g/mol. The summed E-state index contributed by atoms with van der Waals surface area (Å²) < 4.78 is 6.17. The van der Waals surface area contributed by atoms with Crippen molar-refractivity contribution >= 4 is 57.6 Å². The first-order valence-corrected chi connectivity index (χ1v) is 22.5. The first-order valence-electron chi connectivity index (χ1n) is 20.5. The third-order valence-electron chi connectivity index (χ3n) is 10.8. The molecule has 4 N–H and O–H groups in total. The second kappa shape index (κ2) is 19.8. The van der Waals surface area contributed by atoms with Crippen molar-refractivity contribution in [1.29, 1.82) is 0 Å². The minimum Gasteiger partial charge on any atom is -0.448 e. The molecule has 1 aromatic heterocycles. The minimum absolute atomic E-state index is 0.0445. The molecule has 0 unspecified atom stereocenters. The van der Waals surface area contributed by atoms with E-state index in [1.165, 1.54) is 40.2 Å². The van der Waals surface area contributed by atoms with Crippen LogP contribution in [0.2, 0.25) is 0 Å². The molecule has 0 aliphatic carbocycles. The lowest BCUT2D eigenvalue weighted by molar-refractivity contribution is -0.158. The molecule has 324 valence electrons. The summed E-state index contributed by atoms with van der Waals surface area (Å²) in [4.78, 5) is 66.7. The van der Waals surface area contributed by atoms with Crippen LogP contribution >= 0.6 is 23.1 Å². The van der Waals surface area contributed by atoms with Crippen LogP contribution in [0.3, 0.4) is 0 Å². The number of nitrogens with two attached hydrogens (primary N) is 1. The summed E-state index contributed by atoms with van der Waals surface area (Å²) in [6.07, 6.45) is 3.88. The molecule has 12 nitrogen and oxygen atoms in total. The summed E-state index contributed by atoms with van der Waals surface area (Å²) >= 11 is 2.56. The predicted molar refractivity (Wildman–Crippen MR) is 252 cm³/mol. The second-order valence-corrected chi connectivity index (χ2v) is 16.8. The quantitative estimate of drug-likeness (QED) is 0.0226. The van der Waals surface area contributed by atoms with Crippen LogP contribution < -0.4 is 16.4 Å². The number of benzene rings is 5. The van der Waals surface area contributed by atoms with E-state index in [2.05, 4.69) is 27.6 Å². The van der Waals surface area contributed by atoms with Crippen LogP contribution in [-0.4, -0.2) is 62.6 Å². The van der Waals surface area contributed by atoms with Crippen molar-refractivity contribution in [2.75, 3.05) is 17.7 Å².